The van der Waals surface area contributed by atoms with E-state index in [9.17, 15) is 8.42 Å². The van der Waals surface area contributed by atoms with Crippen LogP contribution in [0.4, 0.5) is 5.69 Å². The van der Waals surface area contributed by atoms with Crippen LogP contribution in [-0.2, 0) is 10.0 Å². The quantitative estimate of drug-likeness (QED) is 0.717. The predicted octanol–water partition coefficient (Wildman–Crippen LogP) is 3.77. The van der Waals surface area contributed by atoms with Crippen LogP contribution in [0, 0.1) is 3.57 Å². The highest BCUT2D eigenvalue weighted by molar-refractivity contribution is 14.1. The first-order valence-corrected chi connectivity index (χ1v) is 9.07. The molecule has 2 rings (SSSR count). The number of hydrogen-bond donors (Lipinski definition) is 2. The molecule has 0 amide bonds. The summed E-state index contributed by atoms with van der Waals surface area (Å²) in [5, 5.41) is 0.359. The van der Waals surface area contributed by atoms with Gasteiger partial charge in [-0.3, -0.25) is 4.72 Å². The van der Waals surface area contributed by atoms with Crippen LogP contribution in [0.1, 0.15) is 18.5 Å². The van der Waals surface area contributed by atoms with Crippen molar-refractivity contribution in [3.63, 3.8) is 0 Å². The Morgan fingerprint density at radius 2 is 1.81 bits per heavy atom. The molecule has 0 aliphatic rings. The van der Waals surface area contributed by atoms with Gasteiger partial charge in [-0.15, -0.1) is 0 Å². The summed E-state index contributed by atoms with van der Waals surface area (Å²) >= 11 is 8.15. The minimum Gasteiger partial charge on any atom is -0.324 e. The Labute approximate surface area is 142 Å². The maximum absolute atomic E-state index is 12.3. The molecule has 0 saturated heterocycles. The van der Waals surface area contributed by atoms with Crippen molar-refractivity contribution in [2.24, 2.45) is 5.73 Å². The highest BCUT2D eigenvalue weighted by Crippen LogP contribution is 2.26. The maximum Gasteiger partial charge on any atom is 0.261 e. The zero-order chi connectivity index (χ0) is 15.6. The van der Waals surface area contributed by atoms with Gasteiger partial charge < -0.3 is 5.73 Å². The van der Waals surface area contributed by atoms with Crippen LogP contribution in [-0.4, -0.2) is 8.42 Å². The Balaban J connectivity index is 2.29. The lowest BCUT2D eigenvalue weighted by atomic mass is 10.1. The number of nitrogens with two attached hydrogens (primary N) is 1. The van der Waals surface area contributed by atoms with Gasteiger partial charge in [0, 0.05) is 9.61 Å². The van der Waals surface area contributed by atoms with Crippen molar-refractivity contribution < 1.29 is 8.42 Å². The Kier molecular flexibility index (Phi) is 5.13. The van der Waals surface area contributed by atoms with E-state index in [0.717, 1.165) is 9.13 Å². The van der Waals surface area contributed by atoms with Gasteiger partial charge in [-0.25, -0.2) is 8.42 Å². The molecule has 0 fully saturated rings. The van der Waals surface area contributed by atoms with E-state index in [1.54, 1.807) is 30.3 Å². The van der Waals surface area contributed by atoms with Crippen molar-refractivity contribution in [3.8, 4) is 0 Å². The van der Waals surface area contributed by atoms with Gasteiger partial charge in [-0.05, 0) is 65.4 Å². The van der Waals surface area contributed by atoms with Crippen molar-refractivity contribution in [1.29, 1.82) is 0 Å². The second-order valence-corrected chi connectivity index (χ2v) is 7.92. The average molecular weight is 437 g/mol. The molecule has 21 heavy (non-hydrogen) atoms. The van der Waals surface area contributed by atoms with Crippen LogP contribution in [0.2, 0.25) is 5.02 Å². The number of hydrogen-bond acceptors (Lipinski definition) is 3. The number of benzene rings is 2. The lowest BCUT2D eigenvalue weighted by molar-refractivity contribution is 0.601. The molecule has 2 aromatic rings. The van der Waals surface area contributed by atoms with Gasteiger partial charge in [-0.1, -0.05) is 23.7 Å². The molecule has 0 bridgehead atoms. The third-order valence-corrected chi connectivity index (χ3v) is 5.26. The summed E-state index contributed by atoms with van der Waals surface area (Å²) in [5.74, 6) is 0. The Hall–Kier alpha value is -0.830. The number of halogens is 2. The van der Waals surface area contributed by atoms with E-state index in [4.69, 9.17) is 17.3 Å². The van der Waals surface area contributed by atoms with Gasteiger partial charge in [0.1, 0.15) is 0 Å². The van der Waals surface area contributed by atoms with Crippen molar-refractivity contribution in [2.45, 2.75) is 17.9 Å². The number of sulfonamides is 1. The third-order valence-electron chi connectivity index (χ3n) is 2.89. The summed E-state index contributed by atoms with van der Waals surface area (Å²) in [6.45, 7) is 1.84. The molecule has 112 valence electrons. The van der Waals surface area contributed by atoms with Crippen molar-refractivity contribution in [1.82, 2.24) is 0 Å². The fraction of sp³-hybridized carbons (Fsp3) is 0.143. The first-order chi connectivity index (χ1) is 9.79. The highest BCUT2D eigenvalue weighted by atomic mass is 127. The van der Waals surface area contributed by atoms with Crippen molar-refractivity contribution in [3.05, 3.63) is 56.6 Å². The second kappa shape index (κ2) is 6.51. The van der Waals surface area contributed by atoms with Crippen LogP contribution < -0.4 is 10.5 Å². The number of rotatable bonds is 4. The van der Waals surface area contributed by atoms with Gasteiger partial charge in [0.15, 0.2) is 0 Å². The van der Waals surface area contributed by atoms with Gasteiger partial charge >= 0.3 is 0 Å². The van der Waals surface area contributed by atoms with Crippen LogP contribution >= 0.6 is 34.2 Å². The van der Waals surface area contributed by atoms with Crippen LogP contribution in [0.5, 0.6) is 0 Å². The Morgan fingerprint density at radius 1 is 1.19 bits per heavy atom. The van der Waals surface area contributed by atoms with E-state index < -0.39 is 10.0 Å². The highest BCUT2D eigenvalue weighted by Gasteiger charge is 2.16. The molecule has 0 aromatic heterocycles. The molecule has 1 unspecified atom stereocenters. The Bertz CT molecular complexity index is 746. The lowest BCUT2D eigenvalue weighted by Crippen LogP contribution is -2.13. The molecule has 1 atom stereocenters. The van der Waals surface area contributed by atoms with Gasteiger partial charge in [0.25, 0.3) is 10.0 Å². The SMILES string of the molecule is CC(N)c1ccc(S(=O)(=O)Nc2ccc(I)cc2Cl)cc1. The second-order valence-electron chi connectivity index (χ2n) is 4.59. The fourth-order valence-electron chi connectivity index (χ4n) is 1.73. The van der Waals surface area contributed by atoms with Crippen molar-refractivity contribution >= 4 is 49.9 Å². The standard InChI is InChI=1S/C14H14ClIN2O2S/c1-9(17)10-2-5-12(6-3-10)21(19,20)18-14-7-4-11(16)8-13(14)15/h2-9,18H,17H2,1H3. The van der Waals surface area contributed by atoms with Gasteiger partial charge in [-0.2, -0.15) is 0 Å². The summed E-state index contributed by atoms with van der Waals surface area (Å²) in [5.41, 5.74) is 6.98. The average Bonchev–Trinajstić information content (AvgIpc) is 2.42. The van der Waals surface area contributed by atoms with E-state index in [1.807, 2.05) is 6.92 Å². The van der Waals surface area contributed by atoms with Crippen LogP contribution in [0.3, 0.4) is 0 Å². The fourth-order valence-corrected chi connectivity index (χ4v) is 3.77. The summed E-state index contributed by atoms with van der Waals surface area (Å²) in [4.78, 5) is 0.168. The monoisotopic (exact) mass is 436 g/mol. The molecule has 3 N–H and O–H groups in total. The van der Waals surface area contributed by atoms with Crippen LogP contribution in [0.15, 0.2) is 47.4 Å². The summed E-state index contributed by atoms with van der Waals surface area (Å²) in [7, 11) is -3.67. The molecule has 7 heteroatoms. The largest absolute Gasteiger partial charge is 0.324 e. The predicted molar refractivity (Wildman–Crippen MR) is 94.0 cm³/mol. The normalized spacial score (nSPS) is 13.0. The molecule has 0 aliphatic carbocycles. The van der Waals surface area contributed by atoms with Crippen molar-refractivity contribution in [2.75, 3.05) is 4.72 Å². The van der Waals surface area contributed by atoms with Gasteiger partial charge in [0.05, 0.1) is 15.6 Å². The molecule has 2 aromatic carbocycles. The maximum atomic E-state index is 12.3. The number of anilines is 1. The zero-order valence-corrected chi connectivity index (χ0v) is 14.9. The molecule has 4 nitrogen and oxygen atoms in total. The number of nitrogens with one attached hydrogen (secondary N) is 1. The topological polar surface area (TPSA) is 72.2 Å². The van der Waals surface area contributed by atoms with Crippen LogP contribution in [0.25, 0.3) is 0 Å². The van der Waals surface area contributed by atoms with Gasteiger partial charge in [0.2, 0.25) is 0 Å². The smallest absolute Gasteiger partial charge is 0.261 e. The minimum absolute atomic E-state index is 0.139. The lowest BCUT2D eigenvalue weighted by Gasteiger charge is -2.11. The molecule has 0 aliphatic heterocycles. The molecule has 0 saturated carbocycles. The first kappa shape index (κ1) is 16.5. The minimum atomic E-state index is -3.67. The van der Waals surface area contributed by atoms with E-state index in [1.165, 1.54) is 12.1 Å². The molecule has 0 heterocycles. The molecular weight excluding hydrogens is 423 g/mol. The summed E-state index contributed by atoms with van der Waals surface area (Å²) in [6, 6.07) is 11.4. The van der Waals surface area contributed by atoms with E-state index >= 15 is 0 Å². The molecular formula is C14H14ClIN2O2S. The van der Waals surface area contributed by atoms with E-state index in [0.29, 0.717) is 10.7 Å². The zero-order valence-electron chi connectivity index (χ0n) is 11.2. The van der Waals surface area contributed by atoms with E-state index in [-0.39, 0.29) is 10.9 Å². The third kappa shape index (κ3) is 4.09. The molecule has 0 spiro atoms. The Morgan fingerprint density at radius 3 is 2.33 bits per heavy atom. The molecule has 0 radical (unpaired) electrons. The first-order valence-electron chi connectivity index (χ1n) is 6.13. The van der Waals surface area contributed by atoms with E-state index in [2.05, 4.69) is 27.3 Å². The summed E-state index contributed by atoms with van der Waals surface area (Å²) < 4.78 is 28.1. The summed E-state index contributed by atoms with van der Waals surface area (Å²) in [6.07, 6.45) is 0.